The van der Waals surface area contributed by atoms with Gasteiger partial charge in [0.25, 0.3) is 0 Å². The van der Waals surface area contributed by atoms with Gasteiger partial charge in [-0.3, -0.25) is 4.40 Å². The second kappa shape index (κ2) is 5.57. The molecule has 1 aromatic carbocycles. The van der Waals surface area contributed by atoms with Crippen LogP contribution in [-0.4, -0.2) is 28.7 Å². The molecule has 0 amide bonds. The molecule has 2 heterocycles. The molecule has 0 aliphatic heterocycles. The van der Waals surface area contributed by atoms with Crippen molar-refractivity contribution in [3.05, 3.63) is 42.1 Å². The minimum absolute atomic E-state index is 0.0328. The third kappa shape index (κ3) is 2.23. The number of hydrogen-bond acceptors (Lipinski definition) is 5. The number of aliphatic hydroxyl groups is 1. The van der Waals surface area contributed by atoms with E-state index in [4.69, 9.17) is 15.2 Å². The molecule has 6 nitrogen and oxygen atoms in total. The molecule has 0 spiro atoms. The zero-order valence-electron chi connectivity index (χ0n) is 12.4. The molecular weight excluding hydrogens is 282 g/mol. The van der Waals surface area contributed by atoms with Gasteiger partial charge in [-0.2, -0.15) is 0 Å². The van der Waals surface area contributed by atoms with Gasteiger partial charge in [-0.05, 0) is 35.9 Å². The summed E-state index contributed by atoms with van der Waals surface area (Å²) in [6.45, 7) is -0.0328. The minimum Gasteiger partial charge on any atom is -0.493 e. The Morgan fingerprint density at radius 1 is 1.14 bits per heavy atom. The lowest BCUT2D eigenvalue weighted by Gasteiger charge is -2.08. The fourth-order valence-electron chi connectivity index (χ4n) is 2.40. The predicted octanol–water partition coefficient (Wildman–Crippen LogP) is 2.09. The maximum Gasteiger partial charge on any atom is 0.161 e. The summed E-state index contributed by atoms with van der Waals surface area (Å²) >= 11 is 0. The van der Waals surface area contributed by atoms with Crippen molar-refractivity contribution in [2.45, 2.75) is 6.61 Å². The topological polar surface area (TPSA) is 82.0 Å². The van der Waals surface area contributed by atoms with Crippen molar-refractivity contribution in [2.75, 3.05) is 20.0 Å². The Kier molecular flexibility index (Phi) is 3.60. The largest absolute Gasteiger partial charge is 0.493 e. The number of nitrogens with zero attached hydrogens (tertiary/aromatic N) is 2. The first-order valence-corrected chi connectivity index (χ1v) is 6.77. The first-order valence-electron chi connectivity index (χ1n) is 6.77. The van der Waals surface area contributed by atoms with Crippen LogP contribution in [0.4, 0.5) is 5.82 Å². The number of anilines is 1. The highest BCUT2D eigenvalue weighted by atomic mass is 16.5. The van der Waals surface area contributed by atoms with Crippen LogP contribution in [0.15, 0.2) is 36.5 Å². The molecule has 0 aliphatic rings. The van der Waals surface area contributed by atoms with Crippen LogP contribution in [0.1, 0.15) is 5.56 Å². The highest BCUT2D eigenvalue weighted by Crippen LogP contribution is 2.34. The maximum absolute atomic E-state index is 9.22. The van der Waals surface area contributed by atoms with Crippen molar-refractivity contribution < 1.29 is 14.6 Å². The molecule has 6 heteroatoms. The Morgan fingerprint density at radius 3 is 2.59 bits per heavy atom. The van der Waals surface area contributed by atoms with E-state index in [1.165, 1.54) is 0 Å². The van der Waals surface area contributed by atoms with Gasteiger partial charge in [0.2, 0.25) is 0 Å². The van der Waals surface area contributed by atoms with Gasteiger partial charge in [-0.25, -0.2) is 4.98 Å². The number of imidazole rings is 1. The van der Waals surface area contributed by atoms with Crippen molar-refractivity contribution >= 4 is 11.5 Å². The quantitative estimate of drug-likeness (QED) is 0.771. The van der Waals surface area contributed by atoms with Crippen LogP contribution in [0, 0.1) is 0 Å². The highest BCUT2D eigenvalue weighted by molar-refractivity contribution is 5.76. The summed E-state index contributed by atoms with van der Waals surface area (Å²) in [6, 6.07) is 9.15. The lowest BCUT2D eigenvalue weighted by atomic mass is 10.1. The third-order valence-corrected chi connectivity index (χ3v) is 3.57. The van der Waals surface area contributed by atoms with E-state index >= 15 is 0 Å². The predicted molar refractivity (Wildman–Crippen MR) is 84.1 cm³/mol. The summed E-state index contributed by atoms with van der Waals surface area (Å²) < 4.78 is 12.3. The molecule has 0 atom stereocenters. The van der Waals surface area contributed by atoms with Gasteiger partial charge in [0.05, 0.1) is 20.8 Å². The fraction of sp³-hybridized carbons (Fsp3) is 0.188. The molecule has 0 fully saturated rings. The number of rotatable bonds is 4. The standard InChI is InChI=1S/C16H17N3O3/c1-21-12-4-3-11(8-13(12)22-2)15-16(17)19-6-5-10(9-20)7-14(19)18-15/h3-8,20H,9,17H2,1-2H3. The highest BCUT2D eigenvalue weighted by Gasteiger charge is 2.14. The molecule has 22 heavy (non-hydrogen) atoms. The third-order valence-electron chi connectivity index (χ3n) is 3.57. The smallest absolute Gasteiger partial charge is 0.161 e. The second-order valence-electron chi connectivity index (χ2n) is 4.84. The van der Waals surface area contributed by atoms with E-state index in [9.17, 15) is 5.11 Å². The van der Waals surface area contributed by atoms with Gasteiger partial charge in [-0.15, -0.1) is 0 Å². The average molecular weight is 299 g/mol. The number of hydrogen-bond donors (Lipinski definition) is 2. The van der Waals surface area contributed by atoms with Crippen LogP contribution in [0.2, 0.25) is 0 Å². The normalized spacial score (nSPS) is 10.9. The summed E-state index contributed by atoms with van der Waals surface area (Å²) in [5, 5.41) is 9.22. The first kappa shape index (κ1) is 14.2. The van der Waals surface area contributed by atoms with E-state index in [0.29, 0.717) is 28.7 Å². The number of pyridine rings is 1. The number of nitrogen functional groups attached to an aromatic ring is 1. The van der Waals surface area contributed by atoms with Crippen LogP contribution in [0.25, 0.3) is 16.9 Å². The van der Waals surface area contributed by atoms with Crippen LogP contribution in [0.3, 0.4) is 0 Å². The van der Waals surface area contributed by atoms with Gasteiger partial charge in [0.15, 0.2) is 11.5 Å². The summed E-state index contributed by atoms with van der Waals surface area (Å²) in [7, 11) is 3.18. The monoisotopic (exact) mass is 299 g/mol. The summed E-state index contributed by atoms with van der Waals surface area (Å²) in [4.78, 5) is 4.55. The van der Waals surface area contributed by atoms with Crippen molar-refractivity contribution in [1.29, 1.82) is 0 Å². The molecule has 0 unspecified atom stereocenters. The lowest BCUT2D eigenvalue weighted by molar-refractivity contribution is 0.282. The molecule has 2 aromatic heterocycles. The summed E-state index contributed by atoms with van der Waals surface area (Å²) in [5.41, 5.74) is 9.17. The Hall–Kier alpha value is -2.73. The Balaban J connectivity index is 2.15. The number of fused-ring (bicyclic) bond motifs is 1. The number of aliphatic hydroxyl groups excluding tert-OH is 1. The number of nitrogens with two attached hydrogens (primary N) is 1. The molecule has 3 N–H and O–H groups in total. The molecule has 0 bridgehead atoms. The molecule has 114 valence electrons. The summed E-state index contributed by atoms with van der Waals surface area (Å²) in [6.07, 6.45) is 1.80. The van der Waals surface area contributed by atoms with Crippen LogP contribution >= 0.6 is 0 Å². The first-order chi connectivity index (χ1) is 10.7. The Bertz CT molecular complexity index is 827. The van der Waals surface area contributed by atoms with Crippen molar-refractivity contribution in [1.82, 2.24) is 9.38 Å². The van der Waals surface area contributed by atoms with Crippen LogP contribution in [0.5, 0.6) is 11.5 Å². The van der Waals surface area contributed by atoms with E-state index in [1.807, 2.05) is 24.3 Å². The van der Waals surface area contributed by atoms with E-state index < -0.39 is 0 Å². The molecule has 3 aromatic rings. The van der Waals surface area contributed by atoms with Gasteiger partial charge in [-0.1, -0.05) is 0 Å². The molecular formula is C16H17N3O3. The molecule has 0 saturated carbocycles. The molecule has 0 saturated heterocycles. The minimum atomic E-state index is -0.0328. The number of methoxy groups -OCH3 is 2. The molecule has 0 radical (unpaired) electrons. The lowest BCUT2D eigenvalue weighted by Crippen LogP contribution is -1.95. The number of ether oxygens (including phenoxy) is 2. The fourth-order valence-corrected chi connectivity index (χ4v) is 2.40. The zero-order valence-corrected chi connectivity index (χ0v) is 12.4. The van der Waals surface area contributed by atoms with Crippen LogP contribution < -0.4 is 15.2 Å². The molecule has 3 rings (SSSR count). The zero-order chi connectivity index (χ0) is 15.7. The van der Waals surface area contributed by atoms with E-state index in [1.54, 1.807) is 30.9 Å². The number of benzene rings is 1. The van der Waals surface area contributed by atoms with Crippen molar-refractivity contribution in [2.24, 2.45) is 0 Å². The summed E-state index contributed by atoms with van der Waals surface area (Å²) in [5.74, 6) is 1.80. The van der Waals surface area contributed by atoms with E-state index in [2.05, 4.69) is 4.98 Å². The van der Waals surface area contributed by atoms with E-state index in [0.717, 1.165) is 11.1 Å². The van der Waals surface area contributed by atoms with Gasteiger partial charge < -0.3 is 20.3 Å². The van der Waals surface area contributed by atoms with Gasteiger partial charge in [0, 0.05) is 11.8 Å². The Labute approximate surface area is 127 Å². The van der Waals surface area contributed by atoms with Gasteiger partial charge >= 0.3 is 0 Å². The number of aromatic nitrogens is 2. The average Bonchev–Trinajstić information content (AvgIpc) is 2.90. The van der Waals surface area contributed by atoms with E-state index in [-0.39, 0.29) is 6.61 Å². The van der Waals surface area contributed by atoms with Crippen LogP contribution in [-0.2, 0) is 6.61 Å². The second-order valence-corrected chi connectivity index (χ2v) is 4.84. The van der Waals surface area contributed by atoms with Crippen molar-refractivity contribution in [3.63, 3.8) is 0 Å². The maximum atomic E-state index is 9.22. The van der Waals surface area contributed by atoms with Gasteiger partial charge in [0.1, 0.15) is 17.2 Å². The molecule has 0 aliphatic carbocycles. The SMILES string of the molecule is COc1ccc(-c2nc3cc(CO)ccn3c2N)cc1OC. The Morgan fingerprint density at radius 2 is 1.91 bits per heavy atom. The van der Waals surface area contributed by atoms with Crippen molar-refractivity contribution in [3.8, 4) is 22.8 Å².